The van der Waals surface area contributed by atoms with E-state index < -0.39 is 16.1 Å². The number of sulfonamides is 1. The number of aromatic nitrogens is 2. The van der Waals surface area contributed by atoms with Crippen molar-refractivity contribution in [3.63, 3.8) is 0 Å². The zero-order valence-electron chi connectivity index (χ0n) is 20.7. The lowest BCUT2D eigenvalue weighted by Gasteiger charge is -2.30. The summed E-state index contributed by atoms with van der Waals surface area (Å²) in [7, 11) is -1.90. The van der Waals surface area contributed by atoms with Crippen LogP contribution in [0.4, 0.5) is 0 Å². The first kappa shape index (κ1) is 25.9. The molecule has 2 heterocycles. The molecule has 192 valence electrons. The van der Waals surface area contributed by atoms with Crippen LogP contribution in [-0.2, 0) is 21.4 Å². The molecule has 2 aromatic carbocycles. The number of H-pyrrole nitrogens is 1. The molecule has 0 radical (unpaired) electrons. The SMILES string of the molecule is COc1ccc(-c2[nH]ncc2CN2CCCN(S(C)(=O)=O)C(c3ccccc3)CC(=O)NCC2)cc1. The number of aromatic amines is 1. The van der Waals surface area contributed by atoms with Crippen LogP contribution in [0.15, 0.2) is 60.8 Å². The molecule has 1 aromatic heterocycles. The molecule has 1 unspecified atom stereocenters. The van der Waals surface area contributed by atoms with E-state index in [4.69, 9.17) is 4.74 Å². The van der Waals surface area contributed by atoms with Crippen molar-refractivity contribution in [2.75, 3.05) is 39.5 Å². The summed E-state index contributed by atoms with van der Waals surface area (Å²) >= 11 is 0. The molecule has 3 aromatic rings. The first-order valence-electron chi connectivity index (χ1n) is 12.0. The quantitative estimate of drug-likeness (QED) is 0.527. The smallest absolute Gasteiger partial charge is 0.222 e. The fourth-order valence-electron chi connectivity index (χ4n) is 4.61. The Morgan fingerprint density at radius 2 is 1.81 bits per heavy atom. The van der Waals surface area contributed by atoms with Gasteiger partial charge in [-0.1, -0.05) is 30.3 Å². The Bertz CT molecular complexity index is 1240. The maximum atomic E-state index is 12.8. The average molecular weight is 512 g/mol. The molecule has 1 atom stereocenters. The summed E-state index contributed by atoms with van der Waals surface area (Å²) in [5.41, 5.74) is 3.78. The van der Waals surface area contributed by atoms with E-state index in [1.807, 2.05) is 60.8 Å². The lowest BCUT2D eigenvalue weighted by atomic mass is 10.0. The number of nitrogens with one attached hydrogen (secondary N) is 2. The second kappa shape index (κ2) is 11.7. The molecule has 1 amide bonds. The first-order chi connectivity index (χ1) is 17.3. The van der Waals surface area contributed by atoms with Crippen molar-refractivity contribution in [3.05, 3.63) is 71.9 Å². The van der Waals surface area contributed by atoms with Crippen LogP contribution in [0, 0.1) is 0 Å². The number of rotatable bonds is 6. The number of ether oxygens (including phenoxy) is 1. The van der Waals surface area contributed by atoms with Crippen molar-refractivity contribution in [2.45, 2.75) is 25.4 Å². The summed E-state index contributed by atoms with van der Waals surface area (Å²) in [6.45, 7) is 2.76. The molecule has 0 aliphatic carbocycles. The monoisotopic (exact) mass is 511 g/mol. The standard InChI is InChI=1S/C26H33N5O4S/c1-35-23-11-9-21(10-12-23)26-22(18-28-29-26)19-30-14-6-15-31(36(2,33)34)24(17-25(32)27-13-16-30)20-7-4-3-5-8-20/h3-5,7-12,18,24H,6,13-17,19H2,1-2H3,(H,27,32)(H,28,29). The minimum atomic E-state index is -3.53. The van der Waals surface area contributed by atoms with Crippen LogP contribution in [0.3, 0.4) is 0 Å². The maximum Gasteiger partial charge on any atom is 0.222 e. The number of amides is 1. The van der Waals surface area contributed by atoms with Crippen molar-refractivity contribution in [2.24, 2.45) is 0 Å². The van der Waals surface area contributed by atoms with Crippen molar-refractivity contribution in [3.8, 4) is 17.0 Å². The molecule has 4 rings (SSSR count). The second-order valence-electron chi connectivity index (χ2n) is 8.98. The highest BCUT2D eigenvalue weighted by atomic mass is 32.2. The van der Waals surface area contributed by atoms with E-state index in [-0.39, 0.29) is 12.3 Å². The minimum Gasteiger partial charge on any atom is -0.497 e. The van der Waals surface area contributed by atoms with Gasteiger partial charge >= 0.3 is 0 Å². The molecule has 0 bridgehead atoms. The van der Waals surface area contributed by atoms with Crippen molar-refractivity contribution >= 4 is 15.9 Å². The fourth-order valence-corrected chi connectivity index (χ4v) is 5.73. The Kier molecular flexibility index (Phi) is 8.40. The van der Waals surface area contributed by atoms with Crippen LogP contribution in [0.5, 0.6) is 5.75 Å². The molecule has 2 N–H and O–H groups in total. The number of methoxy groups -OCH3 is 1. The number of nitrogens with zero attached hydrogens (tertiary/aromatic N) is 3. The van der Waals surface area contributed by atoms with E-state index in [1.165, 1.54) is 10.6 Å². The van der Waals surface area contributed by atoms with Gasteiger partial charge in [-0.25, -0.2) is 8.42 Å². The van der Waals surface area contributed by atoms with Crippen LogP contribution in [-0.4, -0.2) is 73.3 Å². The van der Waals surface area contributed by atoms with E-state index in [0.717, 1.165) is 28.1 Å². The Morgan fingerprint density at radius 1 is 1.06 bits per heavy atom. The van der Waals surface area contributed by atoms with Crippen molar-refractivity contribution < 1.29 is 17.9 Å². The lowest BCUT2D eigenvalue weighted by Crippen LogP contribution is -2.38. The highest BCUT2D eigenvalue weighted by molar-refractivity contribution is 7.88. The molecule has 0 saturated carbocycles. The van der Waals surface area contributed by atoms with Gasteiger partial charge < -0.3 is 10.1 Å². The van der Waals surface area contributed by atoms with Crippen LogP contribution >= 0.6 is 0 Å². The van der Waals surface area contributed by atoms with Gasteiger partial charge in [0.2, 0.25) is 15.9 Å². The summed E-state index contributed by atoms with van der Waals surface area (Å²) in [5.74, 6) is 0.619. The summed E-state index contributed by atoms with van der Waals surface area (Å²) in [5, 5.41) is 10.3. The predicted octanol–water partition coefficient (Wildman–Crippen LogP) is 2.80. The number of hydrogen-bond donors (Lipinski definition) is 2. The van der Waals surface area contributed by atoms with Crippen LogP contribution in [0.2, 0.25) is 0 Å². The fraction of sp³-hybridized carbons (Fsp3) is 0.385. The van der Waals surface area contributed by atoms with Gasteiger partial charge in [0, 0.05) is 43.7 Å². The number of hydrogen-bond acceptors (Lipinski definition) is 6. The number of carbonyl (C=O) groups is 1. The Hall–Kier alpha value is -3.21. The summed E-state index contributed by atoms with van der Waals surface area (Å²) < 4.78 is 32.3. The van der Waals surface area contributed by atoms with E-state index in [2.05, 4.69) is 20.4 Å². The summed E-state index contributed by atoms with van der Waals surface area (Å²) in [4.78, 5) is 15.0. The largest absolute Gasteiger partial charge is 0.497 e. The Labute approximate surface area is 212 Å². The summed E-state index contributed by atoms with van der Waals surface area (Å²) in [6, 6.07) is 16.6. The van der Waals surface area contributed by atoms with Crippen LogP contribution in [0.1, 0.15) is 30.0 Å². The zero-order chi connectivity index (χ0) is 25.5. The van der Waals surface area contributed by atoms with Gasteiger partial charge in [-0.3, -0.25) is 14.8 Å². The third kappa shape index (κ3) is 6.51. The maximum absolute atomic E-state index is 12.8. The molecule has 1 aliphatic heterocycles. The van der Waals surface area contributed by atoms with Gasteiger partial charge in [0.15, 0.2) is 0 Å². The third-order valence-electron chi connectivity index (χ3n) is 6.43. The molecular formula is C26H33N5O4S. The normalized spacial score (nSPS) is 18.8. The van der Waals surface area contributed by atoms with E-state index >= 15 is 0 Å². The van der Waals surface area contributed by atoms with Crippen LogP contribution < -0.4 is 10.1 Å². The minimum absolute atomic E-state index is 0.0838. The molecule has 0 spiro atoms. The van der Waals surface area contributed by atoms with Crippen molar-refractivity contribution in [1.29, 1.82) is 0 Å². The first-order valence-corrected chi connectivity index (χ1v) is 13.9. The van der Waals surface area contributed by atoms with Gasteiger partial charge in [-0.05, 0) is 42.8 Å². The predicted molar refractivity (Wildman–Crippen MR) is 139 cm³/mol. The Balaban J connectivity index is 1.53. The molecule has 36 heavy (non-hydrogen) atoms. The van der Waals surface area contributed by atoms with E-state index in [9.17, 15) is 13.2 Å². The molecular weight excluding hydrogens is 478 g/mol. The lowest BCUT2D eigenvalue weighted by molar-refractivity contribution is -0.122. The molecule has 1 fully saturated rings. The molecule has 10 heteroatoms. The van der Waals surface area contributed by atoms with Gasteiger partial charge in [0.05, 0.1) is 31.3 Å². The Morgan fingerprint density at radius 3 is 2.50 bits per heavy atom. The average Bonchev–Trinajstić information content (AvgIpc) is 3.31. The topological polar surface area (TPSA) is 108 Å². The second-order valence-corrected chi connectivity index (χ2v) is 10.9. The number of carbonyl (C=O) groups excluding carboxylic acids is 1. The van der Waals surface area contributed by atoms with Gasteiger partial charge in [0.25, 0.3) is 0 Å². The zero-order valence-corrected chi connectivity index (χ0v) is 21.5. The van der Waals surface area contributed by atoms with Gasteiger partial charge in [-0.2, -0.15) is 9.40 Å². The van der Waals surface area contributed by atoms with Gasteiger partial charge in [-0.15, -0.1) is 0 Å². The highest BCUT2D eigenvalue weighted by Gasteiger charge is 2.30. The molecule has 1 aliphatic rings. The number of benzene rings is 2. The third-order valence-corrected chi connectivity index (χ3v) is 7.72. The van der Waals surface area contributed by atoms with E-state index in [0.29, 0.717) is 39.1 Å². The van der Waals surface area contributed by atoms with Crippen molar-refractivity contribution in [1.82, 2.24) is 24.7 Å². The van der Waals surface area contributed by atoms with Crippen LogP contribution in [0.25, 0.3) is 11.3 Å². The molecule has 9 nitrogen and oxygen atoms in total. The van der Waals surface area contributed by atoms with Gasteiger partial charge in [0.1, 0.15) is 5.75 Å². The molecule has 1 saturated heterocycles. The highest BCUT2D eigenvalue weighted by Crippen LogP contribution is 2.28. The summed E-state index contributed by atoms with van der Waals surface area (Å²) in [6.07, 6.45) is 3.75. The van der Waals surface area contributed by atoms with E-state index in [1.54, 1.807) is 7.11 Å².